The number of nitrogens with zero attached hydrogens (tertiary/aromatic N) is 1. The van der Waals surface area contributed by atoms with Crippen molar-refractivity contribution in [2.45, 2.75) is 37.8 Å². The molecule has 108 valence electrons. The zero-order valence-corrected chi connectivity index (χ0v) is 11.5. The molecule has 1 aromatic rings. The summed E-state index contributed by atoms with van der Waals surface area (Å²) in [4.78, 5) is 10.2. The van der Waals surface area contributed by atoms with Crippen molar-refractivity contribution in [2.75, 3.05) is 13.2 Å². The third-order valence-electron chi connectivity index (χ3n) is 4.19. The number of ether oxygens (including phenoxy) is 1. The normalized spacial score (nSPS) is 25.8. The van der Waals surface area contributed by atoms with Crippen LogP contribution in [0.5, 0.6) is 0 Å². The van der Waals surface area contributed by atoms with E-state index in [2.05, 4.69) is 5.32 Å². The number of hydrogen-bond donors (Lipinski definition) is 1. The second-order valence-corrected chi connectivity index (χ2v) is 5.70. The second-order valence-electron chi connectivity index (χ2n) is 5.70. The van der Waals surface area contributed by atoms with Crippen molar-refractivity contribution in [3.8, 4) is 0 Å². The van der Waals surface area contributed by atoms with E-state index in [1.165, 1.54) is 12.8 Å². The number of nitro benzene ring substituents is 1. The maximum atomic E-state index is 10.6. The molecule has 5 nitrogen and oxygen atoms in total. The molecule has 1 aliphatic carbocycles. The van der Waals surface area contributed by atoms with Crippen molar-refractivity contribution in [3.63, 3.8) is 0 Å². The fourth-order valence-corrected chi connectivity index (χ4v) is 2.91. The van der Waals surface area contributed by atoms with E-state index in [1.54, 1.807) is 12.1 Å². The highest BCUT2D eigenvalue weighted by atomic mass is 16.6. The molecular weight excluding hydrogens is 256 g/mol. The molecule has 1 heterocycles. The van der Waals surface area contributed by atoms with Crippen molar-refractivity contribution in [1.29, 1.82) is 0 Å². The average Bonchev–Trinajstić information content (AvgIpc) is 3.19. The monoisotopic (exact) mass is 276 g/mol. The second kappa shape index (κ2) is 5.89. The Balaban J connectivity index is 1.46. The van der Waals surface area contributed by atoms with Gasteiger partial charge < -0.3 is 10.1 Å². The number of benzene rings is 1. The van der Waals surface area contributed by atoms with Gasteiger partial charge in [0.05, 0.1) is 11.0 Å². The summed E-state index contributed by atoms with van der Waals surface area (Å²) in [7, 11) is 0. The van der Waals surface area contributed by atoms with E-state index in [4.69, 9.17) is 4.74 Å². The highest BCUT2D eigenvalue weighted by Crippen LogP contribution is 2.38. The molecule has 1 N–H and O–H groups in total. The van der Waals surface area contributed by atoms with Crippen LogP contribution in [-0.4, -0.2) is 30.2 Å². The third kappa shape index (κ3) is 3.16. The molecule has 2 unspecified atom stereocenters. The first-order chi connectivity index (χ1) is 9.74. The molecule has 0 amide bonds. The largest absolute Gasteiger partial charge is 0.376 e. The first-order valence-electron chi connectivity index (χ1n) is 7.32. The van der Waals surface area contributed by atoms with Crippen LogP contribution in [-0.2, 0) is 11.2 Å². The van der Waals surface area contributed by atoms with Gasteiger partial charge in [0.1, 0.15) is 0 Å². The lowest BCUT2D eigenvalue weighted by Gasteiger charge is -2.19. The molecule has 2 atom stereocenters. The third-order valence-corrected chi connectivity index (χ3v) is 4.19. The van der Waals surface area contributed by atoms with Crippen molar-refractivity contribution < 1.29 is 9.66 Å². The lowest BCUT2D eigenvalue weighted by molar-refractivity contribution is -0.384. The Hall–Kier alpha value is -1.46. The summed E-state index contributed by atoms with van der Waals surface area (Å²) in [5.74, 6) is 0.773. The fourth-order valence-electron chi connectivity index (χ4n) is 2.91. The zero-order valence-electron chi connectivity index (χ0n) is 11.5. The van der Waals surface area contributed by atoms with Gasteiger partial charge in [0.15, 0.2) is 0 Å². The van der Waals surface area contributed by atoms with Crippen LogP contribution in [0.15, 0.2) is 24.3 Å². The number of non-ortho nitro benzene ring substituents is 1. The van der Waals surface area contributed by atoms with Gasteiger partial charge in [-0.15, -0.1) is 0 Å². The van der Waals surface area contributed by atoms with E-state index >= 15 is 0 Å². The minimum atomic E-state index is -0.363. The topological polar surface area (TPSA) is 64.4 Å². The summed E-state index contributed by atoms with van der Waals surface area (Å²) in [6, 6.07) is 7.30. The van der Waals surface area contributed by atoms with Crippen LogP contribution in [0.1, 0.15) is 24.8 Å². The minimum Gasteiger partial charge on any atom is -0.376 e. The Morgan fingerprint density at radius 2 is 2.00 bits per heavy atom. The van der Waals surface area contributed by atoms with Gasteiger partial charge >= 0.3 is 0 Å². The molecular formula is C15H20N2O3. The first kappa shape index (κ1) is 13.5. The van der Waals surface area contributed by atoms with Crippen LogP contribution in [0.4, 0.5) is 5.69 Å². The first-order valence-corrected chi connectivity index (χ1v) is 7.32. The number of rotatable bonds is 6. The van der Waals surface area contributed by atoms with E-state index in [9.17, 15) is 10.1 Å². The summed E-state index contributed by atoms with van der Waals surface area (Å²) in [6.07, 6.45) is 5.02. The molecule has 0 radical (unpaired) electrons. The molecule has 0 aromatic heterocycles. The van der Waals surface area contributed by atoms with Gasteiger partial charge in [0.25, 0.3) is 5.69 Å². The molecule has 1 saturated heterocycles. The molecule has 1 aliphatic heterocycles. The van der Waals surface area contributed by atoms with Crippen LogP contribution in [0.25, 0.3) is 0 Å². The Bertz CT molecular complexity index is 471. The highest BCUT2D eigenvalue weighted by molar-refractivity contribution is 5.32. The maximum Gasteiger partial charge on any atom is 0.269 e. The van der Waals surface area contributed by atoms with E-state index in [1.807, 2.05) is 12.1 Å². The molecule has 2 aliphatic rings. The number of nitro groups is 1. The predicted octanol–water partition coefficient (Wildman–Crippen LogP) is 2.29. The van der Waals surface area contributed by atoms with Gasteiger partial charge in [-0.1, -0.05) is 12.1 Å². The van der Waals surface area contributed by atoms with E-state index < -0.39 is 0 Å². The molecule has 1 saturated carbocycles. The Morgan fingerprint density at radius 1 is 1.25 bits per heavy atom. The summed E-state index contributed by atoms with van der Waals surface area (Å²) in [5, 5.41) is 14.2. The van der Waals surface area contributed by atoms with Crippen LogP contribution in [0, 0.1) is 16.0 Å². The lowest BCUT2D eigenvalue weighted by Crippen LogP contribution is -2.38. The van der Waals surface area contributed by atoms with E-state index in [0.717, 1.165) is 37.5 Å². The molecule has 20 heavy (non-hydrogen) atoms. The maximum absolute atomic E-state index is 10.6. The molecule has 2 fully saturated rings. The van der Waals surface area contributed by atoms with Crippen molar-refractivity contribution in [3.05, 3.63) is 39.9 Å². The van der Waals surface area contributed by atoms with Crippen LogP contribution < -0.4 is 5.32 Å². The van der Waals surface area contributed by atoms with Crippen molar-refractivity contribution in [1.82, 2.24) is 5.32 Å². The number of nitrogens with one attached hydrogen (secondary N) is 1. The smallest absolute Gasteiger partial charge is 0.269 e. The van der Waals surface area contributed by atoms with Crippen LogP contribution in [0.2, 0.25) is 0 Å². The summed E-state index contributed by atoms with van der Waals surface area (Å²) in [5.41, 5.74) is 1.28. The van der Waals surface area contributed by atoms with Gasteiger partial charge in [-0.3, -0.25) is 10.1 Å². The summed E-state index contributed by atoms with van der Waals surface area (Å²) >= 11 is 0. The Labute approximate surface area is 118 Å². The van der Waals surface area contributed by atoms with Gasteiger partial charge in [-0.2, -0.15) is 0 Å². The molecule has 5 heteroatoms. The van der Waals surface area contributed by atoms with E-state index in [-0.39, 0.29) is 10.6 Å². The minimum absolute atomic E-state index is 0.152. The summed E-state index contributed by atoms with van der Waals surface area (Å²) in [6.45, 7) is 1.77. The van der Waals surface area contributed by atoms with E-state index in [0.29, 0.717) is 12.1 Å². The predicted molar refractivity (Wildman–Crippen MR) is 75.7 cm³/mol. The summed E-state index contributed by atoms with van der Waals surface area (Å²) < 4.78 is 5.80. The highest BCUT2D eigenvalue weighted by Gasteiger charge is 2.40. The fraction of sp³-hybridized carbons (Fsp3) is 0.600. The average molecular weight is 276 g/mol. The molecule has 0 bridgehead atoms. The Kier molecular flexibility index (Phi) is 3.98. The SMILES string of the molecule is O=[N+]([O-])c1ccc(CCNC2CCOC2C2CC2)cc1. The molecule has 3 rings (SSSR count). The standard InChI is InChI=1S/C15H20N2O3/c18-17(19)13-5-1-11(2-6-13)7-9-16-14-8-10-20-15(14)12-3-4-12/h1-2,5-6,12,14-16H,3-4,7-10H2. The van der Waals surface area contributed by atoms with Gasteiger partial charge in [-0.25, -0.2) is 0 Å². The quantitative estimate of drug-likeness (QED) is 0.639. The zero-order chi connectivity index (χ0) is 13.9. The number of hydrogen-bond acceptors (Lipinski definition) is 4. The lowest BCUT2D eigenvalue weighted by atomic mass is 10.1. The van der Waals surface area contributed by atoms with Gasteiger partial charge in [0, 0.05) is 24.8 Å². The Morgan fingerprint density at radius 3 is 2.65 bits per heavy atom. The van der Waals surface area contributed by atoms with Crippen molar-refractivity contribution in [2.24, 2.45) is 5.92 Å². The van der Waals surface area contributed by atoms with Crippen LogP contribution >= 0.6 is 0 Å². The van der Waals surface area contributed by atoms with Gasteiger partial charge in [-0.05, 0) is 43.7 Å². The molecule has 1 aromatic carbocycles. The van der Waals surface area contributed by atoms with Crippen LogP contribution in [0.3, 0.4) is 0 Å². The van der Waals surface area contributed by atoms with Gasteiger partial charge in [0.2, 0.25) is 0 Å². The molecule has 0 spiro atoms. The van der Waals surface area contributed by atoms with Crippen molar-refractivity contribution >= 4 is 5.69 Å².